The Bertz CT molecular complexity index is 1180. The summed E-state index contributed by atoms with van der Waals surface area (Å²) >= 11 is 0. The Labute approximate surface area is 237 Å². The van der Waals surface area contributed by atoms with Gasteiger partial charge in [-0.2, -0.15) is 0 Å². The molecule has 1 aliphatic heterocycles. The average molecular weight is 530 g/mol. The summed E-state index contributed by atoms with van der Waals surface area (Å²) in [5.41, 5.74) is 5.70. The number of anilines is 1. The van der Waals surface area contributed by atoms with Gasteiger partial charge in [0.2, 0.25) is 5.91 Å². The van der Waals surface area contributed by atoms with E-state index in [0.717, 1.165) is 23.6 Å². The van der Waals surface area contributed by atoms with Crippen molar-refractivity contribution in [3.63, 3.8) is 0 Å². The lowest BCUT2D eigenvalue weighted by atomic mass is 10.0. The first-order chi connectivity index (χ1) is 19.1. The standard InChI is InChI=1S/C35H51N3O/c1-4-5-6-7-8-9-10-11-12-13-14-15-16-19-24-37-33-21-18-17-20-31(33)36-35(37)30-26-34(39)38(27-30)32-23-22-28(2)25-29(32)3/h17-18,20-23,25,30H,4-16,19,24,26-27H2,1-3H3. The molecule has 1 aromatic heterocycles. The number of carbonyl (C=O) groups is 1. The van der Waals surface area contributed by atoms with Crippen LogP contribution in [0.2, 0.25) is 0 Å². The number of hydrogen-bond donors (Lipinski definition) is 0. The lowest BCUT2D eigenvalue weighted by Gasteiger charge is -2.20. The average Bonchev–Trinajstić information content (AvgIpc) is 3.49. The van der Waals surface area contributed by atoms with Crippen LogP contribution < -0.4 is 4.90 Å². The van der Waals surface area contributed by atoms with Crippen molar-refractivity contribution in [2.24, 2.45) is 0 Å². The number of aromatic nitrogens is 2. The zero-order valence-electron chi connectivity index (χ0n) is 24.9. The molecule has 4 rings (SSSR count). The van der Waals surface area contributed by atoms with Gasteiger partial charge in [-0.3, -0.25) is 4.79 Å². The number of rotatable bonds is 17. The van der Waals surface area contributed by atoms with Gasteiger partial charge in [-0.1, -0.05) is 120 Å². The topological polar surface area (TPSA) is 38.1 Å². The molecule has 1 aliphatic rings. The number of carbonyl (C=O) groups excluding carboxylic acids is 1. The molecule has 0 radical (unpaired) electrons. The first kappa shape index (κ1) is 29.4. The fraction of sp³-hybridized carbons (Fsp3) is 0.600. The van der Waals surface area contributed by atoms with E-state index >= 15 is 0 Å². The summed E-state index contributed by atoms with van der Waals surface area (Å²) < 4.78 is 2.42. The lowest BCUT2D eigenvalue weighted by Crippen LogP contribution is -2.25. The van der Waals surface area contributed by atoms with Gasteiger partial charge >= 0.3 is 0 Å². The number of hydrogen-bond acceptors (Lipinski definition) is 2. The van der Waals surface area contributed by atoms with Crippen molar-refractivity contribution in [2.45, 2.75) is 130 Å². The number of amides is 1. The van der Waals surface area contributed by atoms with Crippen molar-refractivity contribution >= 4 is 22.6 Å². The van der Waals surface area contributed by atoms with Crippen LogP contribution in [-0.4, -0.2) is 22.0 Å². The van der Waals surface area contributed by atoms with E-state index in [0.29, 0.717) is 13.0 Å². The van der Waals surface area contributed by atoms with E-state index in [-0.39, 0.29) is 11.8 Å². The number of benzene rings is 2. The van der Waals surface area contributed by atoms with E-state index in [1.165, 1.54) is 107 Å². The van der Waals surface area contributed by atoms with Crippen LogP contribution in [0.25, 0.3) is 11.0 Å². The maximum Gasteiger partial charge on any atom is 0.227 e. The Balaban J connectivity index is 1.24. The highest BCUT2D eigenvalue weighted by atomic mass is 16.2. The summed E-state index contributed by atoms with van der Waals surface area (Å²) in [5, 5.41) is 0. The van der Waals surface area contributed by atoms with E-state index in [1.807, 2.05) is 4.90 Å². The SMILES string of the molecule is CCCCCCCCCCCCCCCCn1c(C2CC(=O)N(c3ccc(C)cc3C)C2)nc2ccccc21. The predicted octanol–water partition coefficient (Wildman–Crippen LogP) is 9.65. The summed E-state index contributed by atoms with van der Waals surface area (Å²) in [6.07, 6.45) is 19.8. The minimum absolute atomic E-state index is 0.136. The second-order valence-corrected chi connectivity index (χ2v) is 11.9. The number of unbranched alkanes of at least 4 members (excludes halogenated alkanes) is 13. The van der Waals surface area contributed by atoms with Crippen LogP contribution in [0.5, 0.6) is 0 Å². The molecule has 0 saturated carbocycles. The van der Waals surface area contributed by atoms with Crippen LogP contribution in [0.1, 0.15) is 126 Å². The number of para-hydroxylation sites is 2. The highest BCUT2D eigenvalue weighted by Crippen LogP contribution is 2.35. The Morgan fingerprint density at radius 2 is 1.41 bits per heavy atom. The minimum Gasteiger partial charge on any atom is -0.328 e. The molecular formula is C35H51N3O. The maximum atomic E-state index is 13.1. The molecule has 2 aromatic carbocycles. The molecule has 1 amide bonds. The molecule has 2 heterocycles. The van der Waals surface area contributed by atoms with Crippen LogP contribution in [0.3, 0.4) is 0 Å². The van der Waals surface area contributed by atoms with Gasteiger partial charge in [-0.05, 0) is 44.0 Å². The second kappa shape index (κ2) is 15.2. The van der Waals surface area contributed by atoms with Crippen LogP contribution in [-0.2, 0) is 11.3 Å². The maximum absolute atomic E-state index is 13.1. The molecule has 1 atom stereocenters. The van der Waals surface area contributed by atoms with Crippen molar-refractivity contribution in [3.8, 4) is 0 Å². The van der Waals surface area contributed by atoms with Crippen molar-refractivity contribution in [1.82, 2.24) is 9.55 Å². The molecule has 0 aliphatic carbocycles. The molecule has 0 spiro atoms. The molecule has 1 unspecified atom stereocenters. The lowest BCUT2D eigenvalue weighted by molar-refractivity contribution is -0.117. The van der Waals surface area contributed by atoms with Gasteiger partial charge in [0, 0.05) is 31.1 Å². The normalized spacial score (nSPS) is 15.6. The second-order valence-electron chi connectivity index (χ2n) is 11.9. The highest BCUT2D eigenvalue weighted by Gasteiger charge is 2.35. The quantitative estimate of drug-likeness (QED) is 0.163. The molecule has 212 valence electrons. The molecule has 4 heteroatoms. The van der Waals surface area contributed by atoms with E-state index in [9.17, 15) is 4.79 Å². The van der Waals surface area contributed by atoms with Gasteiger partial charge in [0.1, 0.15) is 5.82 Å². The minimum atomic E-state index is 0.136. The summed E-state index contributed by atoms with van der Waals surface area (Å²) in [6.45, 7) is 8.20. The highest BCUT2D eigenvalue weighted by molar-refractivity contribution is 5.97. The fourth-order valence-corrected chi connectivity index (χ4v) is 6.33. The van der Waals surface area contributed by atoms with Crippen LogP contribution in [0.4, 0.5) is 5.69 Å². The number of imidazole rings is 1. The zero-order chi connectivity index (χ0) is 27.5. The smallest absolute Gasteiger partial charge is 0.227 e. The van der Waals surface area contributed by atoms with Gasteiger partial charge in [0.05, 0.1) is 11.0 Å². The fourth-order valence-electron chi connectivity index (χ4n) is 6.33. The number of aryl methyl sites for hydroxylation is 3. The molecule has 3 aromatic rings. The molecule has 1 fully saturated rings. The third-order valence-corrected chi connectivity index (χ3v) is 8.55. The summed E-state index contributed by atoms with van der Waals surface area (Å²) in [7, 11) is 0. The third-order valence-electron chi connectivity index (χ3n) is 8.55. The predicted molar refractivity (Wildman–Crippen MR) is 166 cm³/mol. The number of fused-ring (bicyclic) bond motifs is 1. The van der Waals surface area contributed by atoms with Crippen molar-refractivity contribution in [1.29, 1.82) is 0 Å². The van der Waals surface area contributed by atoms with Gasteiger partial charge < -0.3 is 9.47 Å². The van der Waals surface area contributed by atoms with Gasteiger partial charge in [0.15, 0.2) is 0 Å². The van der Waals surface area contributed by atoms with Crippen LogP contribution in [0, 0.1) is 13.8 Å². The van der Waals surface area contributed by atoms with Gasteiger partial charge in [-0.15, -0.1) is 0 Å². The molecular weight excluding hydrogens is 478 g/mol. The molecule has 4 nitrogen and oxygen atoms in total. The van der Waals surface area contributed by atoms with Gasteiger partial charge in [0.25, 0.3) is 0 Å². The summed E-state index contributed by atoms with van der Waals surface area (Å²) in [6, 6.07) is 14.8. The van der Waals surface area contributed by atoms with E-state index in [1.54, 1.807) is 0 Å². The largest absolute Gasteiger partial charge is 0.328 e. The third kappa shape index (κ3) is 8.19. The first-order valence-electron chi connectivity index (χ1n) is 15.9. The monoisotopic (exact) mass is 529 g/mol. The Kier molecular flexibility index (Phi) is 11.5. The Morgan fingerprint density at radius 3 is 2.05 bits per heavy atom. The summed E-state index contributed by atoms with van der Waals surface area (Å²) in [5.74, 6) is 1.44. The van der Waals surface area contributed by atoms with E-state index in [2.05, 4.69) is 67.8 Å². The van der Waals surface area contributed by atoms with Crippen molar-refractivity contribution in [2.75, 3.05) is 11.4 Å². The van der Waals surface area contributed by atoms with E-state index < -0.39 is 0 Å². The van der Waals surface area contributed by atoms with Crippen LogP contribution in [0.15, 0.2) is 42.5 Å². The zero-order valence-corrected chi connectivity index (χ0v) is 24.9. The van der Waals surface area contributed by atoms with E-state index in [4.69, 9.17) is 4.98 Å². The first-order valence-corrected chi connectivity index (χ1v) is 15.9. The van der Waals surface area contributed by atoms with Crippen molar-refractivity contribution < 1.29 is 4.79 Å². The van der Waals surface area contributed by atoms with Gasteiger partial charge in [-0.25, -0.2) is 4.98 Å². The Hall–Kier alpha value is -2.62. The number of nitrogens with zero attached hydrogens (tertiary/aromatic N) is 3. The molecule has 39 heavy (non-hydrogen) atoms. The van der Waals surface area contributed by atoms with Crippen molar-refractivity contribution in [3.05, 3.63) is 59.4 Å². The molecule has 0 N–H and O–H groups in total. The van der Waals surface area contributed by atoms with Crippen LogP contribution >= 0.6 is 0 Å². The summed E-state index contributed by atoms with van der Waals surface area (Å²) in [4.78, 5) is 20.2. The molecule has 0 bridgehead atoms. The molecule has 1 saturated heterocycles. The Morgan fingerprint density at radius 1 is 0.795 bits per heavy atom.